The summed E-state index contributed by atoms with van der Waals surface area (Å²) in [5.41, 5.74) is 0. The van der Waals surface area contributed by atoms with Crippen molar-refractivity contribution in [3.8, 4) is 10.8 Å². The van der Waals surface area contributed by atoms with Crippen molar-refractivity contribution < 1.29 is 18.8 Å². The average molecular weight is 337 g/mol. The van der Waals surface area contributed by atoms with Crippen molar-refractivity contribution in [3.63, 3.8) is 0 Å². The van der Waals surface area contributed by atoms with Gasteiger partial charge in [0.1, 0.15) is 6.61 Å². The molecule has 0 bridgehead atoms. The zero-order chi connectivity index (χ0) is 15.9. The third-order valence-electron chi connectivity index (χ3n) is 3.45. The first-order chi connectivity index (χ1) is 11.3. The van der Waals surface area contributed by atoms with Gasteiger partial charge in [-0.3, -0.25) is 4.79 Å². The maximum absolute atomic E-state index is 11.7. The van der Waals surface area contributed by atoms with Gasteiger partial charge in [0.05, 0.1) is 24.1 Å². The van der Waals surface area contributed by atoms with Crippen molar-refractivity contribution in [1.82, 2.24) is 15.5 Å². The first kappa shape index (κ1) is 16.1. The van der Waals surface area contributed by atoms with Gasteiger partial charge in [0, 0.05) is 6.61 Å². The summed E-state index contributed by atoms with van der Waals surface area (Å²) in [4.78, 5) is 16.9. The van der Waals surface area contributed by atoms with Gasteiger partial charge >= 0.3 is 0 Å². The van der Waals surface area contributed by atoms with Crippen LogP contribution in [0.1, 0.15) is 25.1 Å². The van der Waals surface area contributed by atoms with Gasteiger partial charge in [0.15, 0.2) is 5.82 Å². The van der Waals surface area contributed by atoms with E-state index in [0.717, 1.165) is 30.7 Å². The van der Waals surface area contributed by atoms with Gasteiger partial charge < -0.3 is 19.3 Å². The fourth-order valence-electron chi connectivity index (χ4n) is 2.28. The summed E-state index contributed by atoms with van der Waals surface area (Å²) in [6.45, 7) is 1.47. The minimum atomic E-state index is -0.205. The number of nitrogens with zero attached hydrogens (tertiary/aromatic N) is 2. The normalized spacial score (nSPS) is 18.0. The molecule has 8 heteroatoms. The number of hydrogen-bond acceptors (Lipinski definition) is 7. The Morgan fingerprint density at radius 2 is 2.43 bits per heavy atom. The van der Waals surface area contributed by atoms with Gasteiger partial charge in [-0.2, -0.15) is 4.98 Å². The van der Waals surface area contributed by atoms with E-state index in [9.17, 15) is 4.79 Å². The second-order valence-electron chi connectivity index (χ2n) is 5.27. The molecule has 0 saturated carbocycles. The van der Waals surface area contributed by atoms with E-state index in [1.807, 2.05) is 17.5 Å². The van der Waals surface area contributed by atoms with Crippen LogP contribution >= 0.6 is 11.3 Å². The molecule has 0 radical (unpaired) electrons. The number of carbonyl (C=O) groups is 1. The minimum Gasteiger partial charge on any atom is -0.376 e. The summed E-state index contributed by atoms with van der Waals surface area (Å²) < 4.78 is 16.1. The number of ether oxygens (including phenoxy) is 2. The molecule has 7 nitrogen and oxygen atoms in total. The van der Waals surface area contributed by atoms with Crippen molar-refractivity contribution >= 4 is 17.2 Å². The first-order valence-corrected chi connectivity index (χ1v) is 8.52. The third-order valence-corrected chi connectivity index (χ3v) is 4.31. The molecule has 2 aromatic rings. The summed E-state index contributed by atoms with van der Waals surface area (Å²) in [5.74, 6) is 0.704. The van der Waals surface area contributed by atoms with Crippen LogP contribution in [0.4, 0.5) is 0 Å². The number of hydrogen-bond donors (Lipinski definition) is 1. The number of carbonyl (C=O) groups excluding carboxylic acids is 1. The van der Waals surface area contributed by atoms with Crippen molar-refractivity contribution in [2.24, 2.45) is 0 Å². The summed E-state index contributed by atoms with van der Waals surface area (Å²) in [6, 6.07) is 3.82. The van der Waals surface area contributed by atoms with Crippen LogP contribution in [0.15, 0.2) is 22.0 Å². The molecule has 1 aliphatic heterocycles. The molecule has 1 aliphatic rings. The lowest BCUT2D eigenvalue weighted by Gasteiger charge is -2.22. The Labute approximate surface area is 138 Å². The number of amides is 1. The average Bonchev–Trinajstić information content (AvgIpc) is 3.25. The van der Waals surface area contributed by atoms with E-state index in [0.29, 0.717) is 18.3 Å². The van der Waals surface area contributed by atoms with Gasteiger partial charge in [-0.05, 0) is 30.7 Å². The molecular formula is C15H19N3O4S. The molecule has 0 unspecified atom stereocenters. The van der Waals surface area contributed by atoms with Crippen molar-refractivity contribution in [2.75, 3.05) is 19.8 Å². The van der Waals surface area contributed by atoms with E-state index in [-0.39, 0.29) is 25.2 Å². The topological polar surface area (TPSA) is 86.5 Å². The second kappa shape index (κ2) is 8.19. The Bertz CT molecular complexity index is 608. The van der Waals surface area contributed by atoms with Crippen LogP contribution in [0.2, 0.25) is 0 Å². The Hall–Kier alpha value is -1.77. The SMILES string of the molecule is O=C(COC[C@H]1CCCCO1)NCc1noc(-c2cccs2)n1. The quantitative estimate of drug-likeness (QED) is 0.831. The lowest BCUT2D eigenvalue weighted by atomic mass is 10.1. The van der Waals surface area contributed by atoms with E-state index >= 15 is 0 Å². The van der Waals surface area contributed by atoms with Crippen LogP contribution in [0.5, 0.6) is 0 Å². The Morgan fingerprint density at radius 1 is 1.48 bits per heavy atom. The van der Waals surface area contributed by atoms with E-state index in [2.05, 4.69) is 15.5 Å². The van der Waals surface area contributed by atoms with Gasteiger partial charge in [0.2, 0.25) is 5.91 Å². The summed E-state index contributed by atoms with van der Waals surface area (Å²) in [7, 11) is 0. The molecule has 3 rings (SSSR count). The van der Waals surface area contributed by atoms with Gasteiger partial charge in [0.25, 0.3) is 5.89 Å². The molecule has 0 aliphatic carbocycles. The van der Waals surface area contributed by atoms with Crippen LogP contribution < -0.4 is 5.32 Å². The smallest absolute Gasteiger partial charge is 0.268 e. The zero-order valence-electron chi connectivity index (χ0n) is 12.7. The Balaban J connectivity index is 1.35. The molecule has 2 aromatic heterocycles. The lowest BCUT2D eigenvalue weighted by Crippen LogP contribution is -2.30. The van der Waals surface area contributed by atoms with Crippen LogP contribution in [0.25, 0.3) is 10.8 Å². The highest BCUT2D eigenvalue weighted by Crippen LogP contribution is 2.22. The summed E-state index contributed by atoms with van der Waals surface area (Å²) >= 11 is 1.52. The molecule has 1 N–H and O–H groups in total. The van der Waals surface area contributed by atoms with Crippen molar-refractivity contribution in [2.45, 2.75) is 31.9 Å². The Kier molecular flexibility index (Phi) is 5.73. The standard InChI is InChI=1S/C15H19N3O4S/c19-14(10-20-9-11-4-1-2-6-21-11)16-8-13-17-15(22-18-13)12-5-3-7-23-12/h3,5,7,11H,1-2,4,6,8-10H2,(H,16,19)/t11-/m1/s1. The number of nitrogens with one attached hydrogen (secondary N) is 1. The van der Waals surface area contributed by atoms with Crippen LogP contribution in [0, 0.1) is 0 Å². The van der Waals surface area contributed by atoms with Crippen LogP contribution in [-0.2, 0) is 20.8 Å². The molecular weight excluding hydrogens is 318 g/mol. The highest BCUT2D eigenvalue weighted by Gasteiger charge is 2.15. The molecule has 1 atom stereocenters. The largest absolute Gasteiger partial charge is 0.376 e. The van der Waals surface area contributed by atoms with Gasteiger partial charge in [-0.25, -0.2) is 0 Å². The van der Waals surface area contributed by atoms with Crippen molar-refractivity contribution in [1.29, 1.82) is 0 Å². The van der Waals surface area contributed by atoms with Gasteiger partial charge in [-0.15, -0.1) is 11.3 Å². The number of aromatic nitrogens is 2. The molecule has 1 amide bonds. The molecule has 0 spiro atoms. The second-order valence-corrected chi connectivity index (χ2v) is 6.22. The number of rotatable bonds is 7. The van der Waals surface area contributed by atoms with Crippen LogP contribution in [-0.4, -0.2) is 42.0 Å². The molecule has 1 saturated heterocycles. The third kappa shape index (κ3) is 4.85. The molecule has 23 heavy (non-hydrogen) atoms. The highest BCUT2D eigenvalue weighted by atomic mass is 32.1. The number of thiophene rings is 1. The van der Waals surface area contributed by atoms with Crippen LogP contribution in [0.3, 0.4) is 0 Å². The van der Waals surface area contributed by atoms with E-state index in [1.165, 1.54) is 11.3 Å². The zero-order valence-corrected chi connectivity index (χ0v) is 13.5. The van der Waals surface area contributed by atoms with E-state index < -0.39 is 0 Å². The van der Waals surface area contributed by atoms with E-state index in [4.69, 9.17) is 14.0 Å². The highest BCUT2D eigenvalue weighted by molar-refractivity contribution is 7.13. The van der Waals surface area contributed by atoms with E-state index in [1.54, 1.807) is 0 Å². The van der Waals surface area contributed by atoms with Crippen molar-refractivity contribution in [3.05, 3.63) is 23.3 Å². The summed E-state index contributed by atoms with van der Waals surface area (Å²) in [6.07, 6.45) is 3.37. The molecule has 3 heterocycles. The molecule has 124 valence electrons. The minimum absolute atomic E-state index is 0.00942. The maximum Gasteiger partial charge on any atom is 0.268 e. The maximum atomic E-state index is 11.7. The lowest BCUT2D eigenvalue weighted by molar-refractivity contribution is -0.128. The molecule has 1 fully saturated rings. The Morgan fingerprint density at radius 3 is 3.22 bits per heavy atom. The van der Waals surface area contributed by atoms with Gasteiger partial charge in [-0.1, -0.05) is 11.2 Å². The first-order valence-electron chi connectivity index (χ1n) is 7.64. The monoisotopic (exact) mass is 337 g/mol. The predicted octanol–water partition coefficient (Wildman–Crippen LogP) is 2.00. The predicted molar refractivity (Wildman–Crippen MR) is 83.9 cm³/mol. The fraction of sp³-hybridized carbons (Fsp3) is 0.533. The summed E-state index contributed by atoms with van der Waals surface area (Å²) in [5, 5.41) is 8.49. The fourth-order valence-corrected chi connectivity index (χ4v) is 2.92. The molecule has 0 aromatic carbocycles.